The highest BCUT2D eigenvalue weighted by molar-refractivity contribution is 5.69. The van der Waals surface area contributed by atoms with Crippen molar-refractivity contribution in [2.24, 2.45) is 0 Å². The van der Waals surface area contributed by atoms with Crippen molar-refractivity contribution in [3.8, 4) is 0 Å². The molecular formula is C21H40O4. The monoisotopic (exact) mass is 356 g/mol. The van der Waals surface area contributed by atoms with Gasteiger partial charge < -0.3 is 9.47 Å². The van der Waals surface area contributed by atoms with Crippen LogP contribution in [0.5, 0.6) is 0 Å². The summed E-state index contributed by atoms with van der Waals surface area (Å²) in [4.78, 5) is 23.2. The van der Waals surface area contributed by atoms with Gasteiger partial charge in [0.1, 0.15) is 0 Å². The van der Waals surface area contributed by atoms with E-state index >= 15 is 0 Å². The Morgan fingerprint density at radius 1 is 0.720 bits per heavy atom. The molecule has 0 saturated heterocycles. The number of rotatable bonds is 17. The quantitative estimate of drug-likeness (QED) is 0.238. The van der Waals surface area contributed by atoms with Gasteiger partial charge in [-0.25, -0.2) is 0 Å². The highest BCUT2D eigenvalue weighted by Crippen LogP contribution is 2.11. The highest BCUT2D eigenvalue weighted by Gasteiger charge is 2.08. The SMILES string of the molecule is CCCCCOC(=O)CCCCCCCCC(=O)OC(C)CCCC. The summed E-state index contributed by atoms with van der Waals surface area (Å²) in [7, 11) is 0. The van der Waals surface area contributed by atoms with Crippen molar-refractivity contribution in [2.45, 2.75) is 117 Å². The van der Waals surface area contributed by atoms with E-state index in [4.69, 9.17) is 9.47 Å². The van der Waals surface area contributed by atoms with Crippen LogP contribution in [-0.2, 0) is 19.1 Å². The smallest absolute Gasteiger partial charge is 0.306 e. The zero-order valence-electron chi connectivity index (χ0n) is 16.8. The van der Waals surface area contributed by atoms with Crippen LogP contribution in [0.15, 0.2) is 0 Å². The molecule has 0 aliphatic rings. The molecule has 0 bridgehead atoms. The molecule has 0 aliphatic heterocycles. The topological polar surface area (TPSA) is 52.6 Å². The first-order chi connectivity index (χ1) is 12.1. The molecule has 0 aromatic carbocycles. The maximum Gasteiger partial charge on any atom is 0.306 e. The van der Waals surface area contributed by atoms with Gasteiger partial charge in [0, 0.05) is 12.8 Å². The largest absolute Gasteiger partial charge is 0.466 e. The van der Waals surface area contributed by atoms with Crippen LogP contribution in [0.1, 0.15) is 111 Å². The van der Waals surface area contributed by atoms with Gasteiger partial charge in [-0.3, -0.25) is 9.59 Å². The zero-order chi connectivity index (χ0) is 18.8. The van der Waals surface area contributed by atoms with Crippen molar-refractivity contribution in [1.29, 1.82) is 0 Å². The van der Waals surface area contributed by atoms with Gasteiger partial charge in [-0.2, -0.15) is 0 Å². The molecule has 0 spiro atoms. The standard InChI is InChI=1S/C21H40O4/c1-4-6-14-18-24-20(22)16-12-10-8-9-11-13-17-21(23)25-19(3)15-7-5-2/h19H,4-18H2,1-3H3. The van der Waals surface area contributed by atoms with Crippen LogP contribution in [0.25, 0.3) is 0 Å². The first-order valence-electron chi connectivity index (χ1n) is 10.4. The molecule has 0 aromatic heterocycles. The summed E-state index contributed by atoms with van der Waals surface area (Å²) >= 11 is 0. The Morgan fingerprint density at radius 3 is 1.88 bits per heavy atom. The predicted octanol–water partition coefficient (Wildman–Crippen LogP) is 5.96. The Bertz CT molecular complexity index is 328. The lowest BCUT2D eigenvalue weighted by molar-refractivity contribution is -0.148. The predicted molar refractivity (Wildman–Crippen MR) is 102 cm³/mol. The number of unbranched alkanes of at least 4 members (excludes halogenated alkanes) is 8. The lowest BCUT2D eigenvalue weighted by Crippen LogP contribution is -2.14. The number of carbonyl (C=O) groups is 2. The number of hydrogen-bond donors (Lipinski definition) is 0. The molecule has 0 amide bonds. The Labute approximate surface area is 155 Å². The van der Waals surface area contributed by atoms with E-state index in [-0.39, 0.29) is 18.0 Å². The van der Waals surface area contributed by atoms with Gasteiger partial charge in [0.05, 0.1) is 12.7 Å². The number of ether oxygens (including phenoxy) is 2. The summed E-state index contributed by atoms with van der Waals surface area (Å²) < 4.78 is 10.6. The van der Waals surface area contributed by atoms with Crippen molar-refractivity contribution in [3.63, 3.8) is 0 Å². The molecule has 0 N–H and O–H groups in total. The molecular weight excluding hydrogens is 316 g/mol. The minimum absolute atomic E-state index is 0.0502. The van der Waals surface area contributed by atoms with Crippen LogP contribution in [0, 0.1) is 0 Å². The summed E-state index contributed by atoms with van der Waals surface area (Å²) in [6.45, 7) is 6.83. The molecule has 0 fully saturated rings. The van der Waals surface area contributed by atoms with Gasteiger partial charge in [-0.15, -0.1) is 0 Å². The van der Waals surface area contributed by atoms with E-state index in [0.717, 1.165) is 77.0 Å². The van der Waals surface area contributed by atoms with Crippen molar-refractivity contribution in [1.82, 2.24) is 0 Å². The fourth-order valence-electron chi connectivity index (χ4n) is 2.69. The van der Waals surface area contributed by atoms with E-state index in [1.807, 2.05) is 6.92 Å². The van der Waals surface area contributed by atoms with E-state index in [0.29, 0.717) is 19.4 Å². The molecule has 0 heterocycles. The van der Waals surface area contributed by atoms with Crippen molar-refractivity contribution in [3.05, 3.63) is 0 Å². The second-order valence-electron chi connectivity index (χ2n) is 6.99. The summed E-state index contributed by atoms with van der Waals surface area (Å²) in [5, 5.41) is 0. The summed E-state index contributed by atoms with van der Waals surface area (Å²) in [6, 6.07) is 0. The van der Waals surface area contributed by atoms with Crippen LogP contribution in [0.4, 0.5) is 0 Å². The number of esters is 2. The first-order valence-corrected chi connectivity index (χ1v) is 10.4. The average molecular weight is 357 g/mol. The second kappa shape index (κ2) is 17.8. The van der Waals surface area contributed by atoms with E-state index in [1.165, 1.54) is 0 Å². The van der Waals surface area contributed by atoms with Gasteiger partial charge >= 0.3 is 11.9 Å². The summed E-state index contributed by atoms with van der Waals surface area (Å²) in [5.41, 5.74) is 0. The molecule has 148 valence electrons. The number of hydrogen-bond acceptors (Lipinski definition) is 4. The van der Waals surface area contributed by atoms with Crippen LogP contribution in [-0.4, -0.2) is 24.6 Å². The fourth-order valence-corrected chi connectivity index (χ4v) is 2.69. The second-order valence-corrected chi connectivity index (χ2v) is 6.99. The molecule has 4 heteroatoms. The first kappa shape index (κ1) is 23.9. The summed E-state index contributed by atoms with van der Waals surface area (Å²) in [5.74, 6) is -0.120. The van der Waals surface area contributed by atoms with Crippen LogP contribution >= 0.6 is 0 Å². The average Bonchev–Trinajstić information content (AvgIpc) is 2.59. The van der Waals surface area contributed by atoms with Gasteiger partial charge in [0.15, 0.2) is 0 Å². The Kier molecular flexibility index (Phi) is 17.0. The lowest BCUT2D eigenvalue weighted by atomic mass is 10.1. The molecule has 0 aliphatic carbocycles. The van der Waals surface area contributed by atoms with Crippen molar-refractivity contribution in [2.75, 3.05) is 6.61 Å². The number of carbonyl (C=O) groups excluding carboxylic acids is 2. The minimum Gasteiger partial charge on any atom is -0.466 e. The lowest BCUT2D eigenvalue weighted by Gasteiger charge is -2.12. The third-order valence-electron chi connectivity index (χ3n) is 4.32. The zero-order valence-corrected chi connectivity index (χ0v) is 16.8. The van der Waals surface area contributed by atoms with Crippen LogP contribution in [0.3, 0.4) is 0 Å². The van der Waals surface area contributed by atoms with Gasteiger partial charge in [-0.05, 0) is 32.6 Å². The van der Waals surface area contributed by atoms with E-state index < -0.39 is 0 Å². The van der Waals surface area contributed by atoms with Crippen molar-refractivity contribution >= 4 is 11.9 Å². The molecule has 4 nitrogen and oxygen atoms in total. The maximum absolute atomic E-state index is 11.7. The maximum atomic E-state index is 11.7. The Balaban J connectivity index is 3.35. The Hall–Kier alpha value is -1.06. The molecule has 0 rings (SSSR count). The highest BCUT2D eigenvalue weighted by atomic mass is 16.5. The Morgan fingerprint density at radius 2 is 1.28 bits per heavy atom. The molecule has 0 aromatic rings. The van der Waals surface area contributed by atoms with Crippen LogP contribution in [0.2, 0.25) is 0 Å². The van der Waals surface area contributed by atoms with Crippen molar-refractivity contribution < 1.29 is 19.1 Å². The van der Waals surface area contributed by atoms with Crippen LogP contribution < -0.4 is 0 Å². The summed E-state index contributed by atoms with van der Waals surface area (Å²) in [6.07, 6.45) is 13.7. The third-order valence-corrected chi connectivity index (χ3v) is 4.32. The minimum atomic E-state index is -0.0607. The van der Waals surface area contributed by atoms with Gasteiger partial charge in [-0.1, -0.05) is 65.2 Å². The fraction of sp³-hybridized carbons (Fsp3) is 0.905. The molecule has 1 atom stereocenters. The van der Waals surface area contributed by atoms with Gasteiger partial charge in [0.2, 0.25) is 0 Å². The normalized spacial score (nSPS) is 12.0. The molecule has 0 radical (unpaired) electrons. The molecule has 0 saturated carbocycles. The van der Waals surface area contributed by atoms with E-state index in [9.17, 15) is 9.59 Å². The van der Waals surface area contributed by atoms with Gasteiger partial charge in [0.25, 0.3) is 0 Å². The third kappa shape index (κ3) is 17.6. The molecule has 25 heavy (non-hydrogen) atoms. The van der Waals surface area contributed by atoms with E-state index in [1.54, 1.807) is 0 Å². The van der Waals surface area contributed by atoms with E-state index in [2.05, 4.69) is 13.8 Å². The molecule has 1 unspecified atom stereocenters.